The molecule has 1 N–H and O–H groups in total. The molecule has 0 bridgehead atoms. The Morgan fingerprint density at radius 2 is 2.15 bits per heavy atom. The summed E-state index contributed by atoms with van der Waals surface area (Å²) in [5.41, 5.74) is 0. The molecule has 1 saturated carbocycles. The summed E-state index contributed by atoms with van der Waals surface area (Å²) >= 11 is 0. The highest BCUT2D eigenvalue weighted by Gasteiger charge is 2.33. The molecule has 78 valence electrons. The van der Waals surface area contributed by atoms with Crippen molar-refractivity contribution in [3.05, 3.63) is 0 Å². The molecule has 0 aromatic carbocycles. The standard InChI is InChI=1S/C11H23NO/c1-4-5-11(13)8-12(3)7-10-6-9(10)2/h9-11,13H,4-8H2,1-3H3. The van der Waals surface area contributed by atoms with Crippen LogP contribution in [-0.4, -0.2) is 36.2 Å². The molecule has 0 aromatic rings. The molecule has 2 heteroatoms. The molecule has 3 unspecified atom stereocenters. The Morgan fingerprint density at radius 3 is 2.62 bits per heavy atom. The third-order valence-corrected chi connectivity index (χ3v) is 2.97. The molecule has 2 nitrogen and oxygen atoms in total. The van der Waals surface area contributed by atoms with Gasteiger partial charge in [0.25, 0.3) is 0 Å². The van der Waals surface area contributed by atoms with Gasteiger partial charge < -0.3 is 10.0 Å². The summed E-state index contributed by atoms with van der Waals surface area (Å²) in [5, 5.41) is 9.58. The third kappa shape index (κ3) is 4.10. The van der Waals surface area contributed by atoms with Gasteiger partial charge in [-0.1, -0.05) is 20.3 Å². The van der Waals surface area contributed by atoms with Crippen LogP contribution in [0.15, 0.2) is 0 Å². The molecule has 1 fully saturated rings. The zero-order valence-corrected chi connectivity index (χ0v) is 9.16. The van der Waals surface area contributed by atoms with Crippen molar-refractivity contribution >= 4 is 0 Å². The van der Waals surface area contributed by atoms with Crippen molar-refractivity contribution in [2.45, 2.75) is 39.2 Å². The minimum atomic E-state index is -0.121. The van der Waals surface area contributed by atoms with Crippen molar-refractivity contribution in [2.75, 3.05) is 20.1 Å². The van der Waals surface area contributed by atoms with Crippen LogP contribution in [0, 0.1) is 11.8 Å². The summed E-state index contributed by atoms with van der Waals surface area (Å²) in [6, 6.07) is 0. The average molecular weight is 185 g/mol. The van der Waals surface area contributed by atoms with Crippen molar-refractivity contribution in [3.8, 4) is 0 Å². The van der Waals surface area contributed by atoms with Gasteiger partial charge in [-0.25, -0.2) is 0 Å². The van der Waals surface area contributed by atoms with Gasteiger partial charge in [-0.05, 0) is 31.7 Å². The maximum Gasteiger partial charge on any atom is 0.0666 e. The predicted octanol–water partition coefficient (Wildman–Crippen LogP) is 1.74. The Kier molecular flexibility index (Phi) is 4.20. The second-order valence-electron chi connectivity index (χ2n) is 4.64. The second kappa shape index (κ2) is 4.97. The first-order chi connectivity index (χ1) is 6.13. The van der Waals surface area contributed by atoms with Gasteiger partial charge in [-0.15, -0.1) is 0 Å². The zero-order valence-electron chi connectivity index (χ0n) is 9.16. The van der Waals surface area contributed by atoms with E-state index in [9.17, 15) is 5.11 Å². The quantitative estimate of drug-likeness (QED) is 0.681. The highest BCUT2D eigenvalue weighted by Crippen LogP contribution is 2.37. The fourth-order valence-electron chi connectivity index (χ4n) is 1.91. The van der Waals surface area contributed by atoms with Gasteiger partial charge in [0, 0.05) is 13.1 Å². The van der Waals surface area contributed by atoms with Crippen molar-refractivity contribution in [3.63, 3.8) is 0 Å². The molecule has 1 rings (SSSR count). The number of aliphatic hydroxyl groups excluding tert-OH is 1. The van der Waals surface area contributed by atoms with Crippen LogP contribution in [0.5, 0.6) is 0 Å². The van der Waals surface area contributed by atoms with E-state index in [0.717, 1.165) is 31.2 Å². The Labute approximate surface area is 81.9 Å². The highest BCUT2D eigenvalue weighted by molar-refractivity contribution is 4.84. The lowest BCUT2D eigenvalue weighted by atomic mass is 10.2. The van der Waals surface area contributed by atoms with E-state index in [1.165, 1.54) is 13.0 Å². The number of hydrogen-bond acceptors (Lipinski definition) is 2. The average Bonchev–Trinajstić information content (AvgIpc) is 2.65. The third-order valence-electron chi connectivity index (χ3n) is 2.97. The normalized spacial score (nSPS) is 29.3. The van der Waals surface area contributed by atoms with Crippen LogP contribution in [0.2, 0.25) is 0 Å². The zero-order chi connectivity index (χ0) is 9.84. The summed E-state index contributed by atoms with van der Waals surface area (Å²) in [6.45, 7) is 6.44. The smallest absolute Gasteiger partial charge is 0.0666 e. The van der Waals surface area contributed by atoms with Crippen LogP contribution >= 0.6 is 0 Å². The summed E-state index contributed by atoms with van der Waals surface area (Å²) in [7, 11) is 2.12. The molecule has 13 heavy (non-hydrogen) atoms. The van der Waals surface area contributed by atoms with E-state index < -0.39 is 0 Å². The molecule has 3 atom stereocenters. The van der Waals surface area contributed by atoms with Crippen molar-refractivity contribution in [1.29, 1.82) is 0 Å². The Balaban J connectivity index is 2.06. The lowest BCUT2D eigenvalue weighted by Gasteiger charge is -2.20. The molecule has 0 radical (unpaired) electrons. The van der Waals surface area contributed by atoms with Gasteiger partial charge in [-0.3, -0.25) is 0 Å². The fourth-order valence-corrected chi connectivity index (χ4v) is 1.91. The number of nitrogens with zero attached hydrogens (tertiary/aromatic N) is 1. The molecule has 0 amide bonds. The minimum Gasteiger partial charge on any atom is -0.392 e. The molecule has 0 saturated heterocycles. The van der Waals surface area contributed by atoms with Crippen LogP contribution in [0.3, 0.4) is 0 Å². The SMILES string of the molecule is CCCC(O)CN(C)CC1CC1C. The molecule has 1 aliphatic rings. The first-order valence-corrected chi connectivity index (χ1v) is 5.50. The van der Waals surface area contributed by atoms with Crippen LogP contribution in [0.1, 0.15) is 33.1 Å². The summed E-state index contributed by atoms with van der Waals surface area (Å²) in [5.74, 6) is 1.82. The van der Waals surface area contributed by atoms with E-state index in [0.29, 0.717) is 0 Å². The van der Waals surface area contributed by atoms with Gasteiger partial charge in [0.15, 0.2) is 0 Å². The maximum absolute atomic E-state index is 9.58. The number of likely N-dealkylation sites (N-methyl/N-ethyl adjacent to an activating group) is 1. The second-order valence-corrected chi connectivity index (χ2v) is 4.64. The van der Waals surface area contributed by atoms with E-state index in [-0.39, 0.29) is 6.10 Å². The van der Waals surface area contributed by atoms with Crippen molar-refractivity contribution in [1.82, 2.24) is 4.90 Å². The molecule has 0 aromatic heterocycles. The largest absolute Gasteiger partial charge is 0.392 e. The molecule has 1 aliphatic carbocycles. The van der Waals surface area contributed by atoms with E-state index >= 15 is 0 Å². The van der Waals surface area contributed by atoms with Gasteiger partial charge in [0.1, 0.15) is 0 Å². The highest BCUT2D eigenvalue weighted by atomic mass is 16.3. The van der Waals surface area contributed by atoms with Gasteiger partial charge >= 0.3 is 0 Å². The van der Waals surface area contributed by atoms with Crippen LogP contribution in [-0.2, 0) is 0 Å². The van der Waals surface area contributed by atoms with Crippen LogP contribution < -0.4 is 0 Å². The van der Waals surface area contributed by atoms with Gasteiger partial charge in [0.05, 0.1) is 6.10 Å². The number of aliphatic hydroxyl groups is 1. The monoisotopic (exact) mass is 185 g/mol. The molecular weight excluding hydrogens is 162 g/mol. The van der Waals surface area contributed by atoms with E-state index in [1.54, 1.807) is 0 Å². The summed E-state index contributed by atoms with van der Waals surface area (Å²) in [6.07, 6.45) is 3.28. The van der Waals surface area contributed by atoms with Crippen molar-refractivity contribution in [2.24, 2.45) is 11.8 Å². The minimum absolute atomic E-state index is 0.121. The summed E-state index contributed by atoms with van der Waals surface area (Å²) < 4.78 is 0. The number of rotatable bonds is 6. The van der Waals surface area contributed by atoms with E-state index in [1.807, 2.05) is 0 Å². The Morgan fingerprint density at radius 1 is 1.54 bits per heavy atom. The number of hydrogen-bond donors (Lipinski definition) is 1. The Hall–Kier alpha value is -0.0800. The first-order valence-electron chi connectivity index (χ1n) is 5.50. The van der Waals surface area contributed by atoms with E-state index in [4.69, 9.17) is 0 Å². The Bertz CT molecular complexity index is 149. The lowest BCUT2D eigenvalue weighted by Crippen LogP contribution is -2.30. The van der Waals surface area contributed by atoms with Crippen molar-refractivity contribution < 1.29 is 5.11 Å². The first kappa shape index (κ1) is 11.0. The van der Waals surface area contributed by atoms with Crippen LogP contribution in [0.25, 0.3) is 0 Å². The lowest BCUT2D eigenvalue weighted by molar-refractivity contribution is 0.114. The molecule has 0 aliphatic heterocycles. The fraction of sp³-hybridized carbons (Fsp3) is 1.00. The van der Waals surface area contributed by atoms with E-state index in [2.05, 4.69) is 25.8 Å². The van der Waals surface area contributed by atoms with Gasteiger partial charge in [-0.2, -0.15) is 0 Å². The van der Waals surface area contributed by atoms with Gasteiger partial charge in [0.2, 0.25) is 0 Å². The molecule has 0 spiro atoms. The molecular formula is C11H23NO. The summed E-state index contributed by atoms with van der Waals surface area (Å²) in [4.78, 5) is 2.27. The topological polar surface area (TPSA) is 23.5 Å². The predicted molar refractivity (Wildman–Crippen MR) is 55.7 cm³/mol. The molecule has 0 heterocycles. The van der Waals surface area contributed by atoms with Crippen LogP contribution in [0.4, 0.5) is 0 Å². The maximum atomic E-state index is 9.58.